The van der Waals surface area contributed by atoms with Crippen LogP contribution in [0.25, 0.3) is 0 Å². The largest absolute Gasteiger partial charge is 0.393 e. The summed E-state index contributed by atoms with van der Waals surface area (Å²) in [4.78, 5) is 11.9. The van der Waals surface area contributed by atoms with Gasteiger partial charge in [0.2, 0.25) is 0 Å². The number of Topliss-reactive ketones (excluding diaryl/α,β-unsaturated/α-hetero) is 1. The van der Waals surface area contributed by atoms with Gasteiger partial charge in [0.15, 0.2) is 0 Å². The number of hydrogen-bond acceptors (Lipinski definition) is 2. The minimum atomic E-state index is -0.203. The molecular formula is C14H26O2. The normalized spacial score (nSPS) is 26.6. The molecule has 0 heterocycles. The van der Waals surface area contributed by atoms with Crippen molar-refractivity contribution >= 4 is 5.78 Å². The molecule has 0 amide bonds. The molecule has 2 heteroatoms. The molecule has 94 valence electrons. The van der Waals surface area contributed by atoms with E-state index < -0.39 is 0 Å². The van der Waals surface area contributed by atoms with Crippen LogP contribution in [0.1, 0.15) is 59.8 Å². The standard InChI is InChI=1S/C14H26O2/c1-5-11(15)8-10-9-12(10)13(16)6-7-14(2,3)4/h10-12,15H,5-9H2,1-4H3. The zero-order chi connectivity index (χ0) is 12.3. The maximum atomic E-state index is 11.9. The Morgan fingerprint density at radius 1 is 1.44 bits per heavy atom. The Morgan fingerprint density at radius 3 is 2.56 bits per heavy atom. The molecule has 3 unspecified atom stereocenters. The molecular weight excluding hydrogens is 200 g/mol. The molecule has 0 saturated heterocycles. The first kappa shape index (κ1) is 13.7. The third-order valence-corrected chi connectivity index (χ3v) is 3.50. The van der Waals surface area contributed by atoms with Gasteiger partial charge in [0.1, 0.15) is 5.78 Å². The lowest BCUT2D eigenvalue weighted by atomic mass is 9.88. The lowest BCUT2D eigenvalue weighted by molar-refractivity contribution is -0.121. The van der Waals surface area contributed by atoms with Crippen molar-refractivity contribution in [1.82, 2.24) is 0 Å². The first-order valence-electron chi connectivity index (χ1n) is 6.54. The van der Waals surface area contributed by atoms with E-state index in [0.29, 0.717) is 18.1 Å². The summed E-state index contributed by atoms with van der Waals surface area (Å²) in [5, 5.41) is 9.52. The molecule has 2 nitrogen and oxygen atoms in total. The number of carbonyl (C=O) groups excluding carboxylic acids is 1. The predicted molar refractivity (Wildman–Crippen MR) is 66.2 cm³/mol. The first-order chi connectivity index (χ1) is 7.33. The van der Waals surface area contributed by atoms with E-state index in [1.807, 2.05) is 6.92 Å². The summed E-state index contributed by atoms with van der Waals surface area (Å²) < 4.78 is 0. The van der Waals surface area contributed by atoms with Crippen molar-refractivity contribution in [3.63, 3.8) is 0 Å². The monoisotopic (exact) mass is 226 g/mol. The van der Waals surface area contributed by atoms with Gasteiger partial charge in [-0.1, -0.05) is 27.7 Å². The van der Waals surface area contributed by atoms with E-state index in [0.717, 1.165) is 25.7 Å². The van der Waals surface area contributed by atoms with Crippen LogP contribution < -0.4 is 0 Å². The second kappa shape index (κ2) is 5.31. The molecule has 0 spiro atoms. The number of aliphatic hydroxyl groups excluding tert-OH is 1. The van der Waals surface area contributed by atoms with Crippen LogP contribution >= 0.6 is 0 Å². The van der Waals surface area contributed by atoms with Crippen LogP contribution in [0.15, 0.2) is 0 Å². The van der Waals surface area contributed by atoms with Gasteiger partial charge >= 0.3 is 0 Å². The number of carbonyl (C=O) groups is 1. The SMILES string of the molecule is CCC(O)CC1CC1C(=O)CCC(C)(C)C. The van der Waals surface area contributed by atoms with Crippen molar-refractivity contribution in [3.05, 3.63) is 0 Å². The number of hydrogen-bond donors (Lipinski definition) is 1. The highest BCUT2D eigenvalue weighted by Gasteiger charge is 2.42. The van der Waals surface area contributed by atoms with Gasteiger partial charge in [-0.05, 0) is 37.0 Å². The molecule has 0 aliphatic heterocycles. The van der Waals surface area contributed by atoms with Crippen LogP contribution in [0.5, 0.6) is 0 Å². The summed E-state index contributed by atoms with van der Waals surface area (Å²) in [7, 11) is 0. The van der Waals surface area contributed by atoms with Gasteiger partial charge in [0, 0.05) is 12.3 Å². The molecule has 3 atom stereocenters. The van der Waals surface area contributed by atoms with Crippen molar-refractivity contribution in [2.24, 2.45) is 17.3 Å². The van der Waals surface area contributed by atoms with Gasteiger partial charge in [0.05, 0.1) is 6.10 Å². The van der Waals surface area contributed by atoms with Gasteiger partial charge in [-0.25, -0.2) is 0 Å². The zero-order valence-corrected chi connectivity index (χ0v) is 11.1. The molecule has 0 aromatic heterocycles. The molecule has 1 fully saturated rings. The second-order valence-corrected chi connectivity index (χ2v) is 6.43. The Bertz CT molecular complexity index is 240. The van der Waals surface area contributed by atoms with Crippen LogP contribution in [0, 0.1) is 17.3 Å². The molecule has 16 heavy (non-hydrogen) atoms. The van der Waals surface area contributed by atoms with Crippen LogP contribution in [0.2, 0.25) is 0 Å². The van der Waals surface area contributed by atoms with E-state index >= 15 is 0 Å². The van der Waals surface area contributed by atoms with Gasteiger partial charge in [-0.3, -0.25) is 4.79 Å². The average molecular weight is 226 g/mol. The number of ketones is 1. The zero-order valence-electron chi connectivity index (χ0n) is 11.1. The summed E-state index contributed by atoms with van der Waals surface area (Å²) in [5.41, 5.74) is 0.253. The lowest BCUT2D eigenvalue weighted by Gasteiger charge is -2.17. The fourth-order valence-corrected chi connectivity index (χ4v) is 2.10. The summed E-state index contributed by atoms with van der Waals surface area (Å²) >= 11 is 0. The van der Waals surface area contributed by atoms with Crippen LogP contribution in [-0.2, 0) is 4.79 Å². The van der Waals surface area contributed by atoms with Crippen molar-refractivity contribution in [1.29, 1.82) is 0 Å². The van der Waals surface area contributed by atoms with E-state index in [-0.39, 0.29) is 17.4 Å². The highest BCUT2D eigenvalue weighted by atomic mass is 16.3. The molecule has 0 bridgehead atoms. The van der Waals surface area contributed by atoms with Gasteiger partial charge in [-0.15, -0.1) is 0 Å². The topological polar surface area (TPSA) is 37.3 Å². The van der Waals surface area contributed by atoms with Crippen molar-refractivity contribution in [2.45, 2.75) is 65.9 Å². The minimum absolute atomic E-state index is 0.203. The Hall–Kier alpha value is -0.370. The number of rotatable bonds is 6. The van der Waals surface area contributed by atoms with Crippen molar-refractivity contribution in [2.75, 3.05) is 0 Å². The maximum absolute atomic E-state index is 11.9. The van der Waals surface area contributed by atoms with E-state index in [1.165, 1.54) is 0 Å². The summed E-state index contributed by atoms with van der Waals surface area (Å²) in [6.07, 6.45) is 4.13. The molecule has 1 N–H and O–H groups in total. The van der Waals surface area contributed by atoms with E-state index in [9.17, 15) is 9.90 Å². The van der Waals surface area contributed by atoms with Gasteiger partial charge < -0.3 is 5.11 Å². The Kier molecular flexibility index (Phi) is 4.54. The fraction of sp³-hybridized carbons (Fsp3) is 0.929. The predicted octanol–water partition coefficient (Wildman–Crippen LogP) is 3.18. The second-order valence-electron chi connectivity index (χ2n) is 6.43. The molecule has 1 rings (SSSR count). The minimum Gasteiger partial charge on any atom is -0.393 e. The highest BCUT2D eigenvalue weighted by Crippen LogP contribution is 2.44. The van der Waals surface area contributed by atoms with Gasteiger partial charge in [0.25, 0.3) is 0 Å². The molecule has 1 aliphatic rings. The summed E-state index contributed by atoms with van der Waals surface area (Å²) in [6.45, 7) is 8.51. The smallest absolute Gasteiger partial charge is 0.136 e. The lowest BCUT2D eigenvalue weighted by Crippen LogP contribution is -2.12. The van der Waals surface area contributed by atoms with Gasteiger partial charge in [-0.2, -0.15) is 0 Å². The fourth-order valence-electron chi connectivity index (χ4n) is 2.10. The van der Waals surface area contributed by atoms with E-state index in [4.69, 9.17) is 0 Å². The van der Waals surface area contributed by atoms with E-state index in [2.05, 4.69) is 20.8 Å². The third-order valence-electron chi connectivity index (χ3n) is 3.50. The number of aliphatic hydroxyl groups is 1. The van der Waals surface area contributed by atoms with Crippen LogP contribution in [0.3, 0.4) is 0 Å². The van der Waals surface area contributed by atoms with E-state index in [1.54, 1.807) is 0 Å². The average Bonchev–Trinajstić information content (AvgIpc) is 2.92. The maximum Gasteiger partial charge on any atom is 0.136 e. The Labute approximate surface area is 99.4 Å². The molecule has 1 saturated carbocycles. The first-order valence-corrected chi connectivity index (χ1v) is 6.54. The molecule has 0 radical (unpaired) electrons. The Morgan fingerprint density at radius 2 is 2.06 bits per heavy atom. The van der Waals surface area contributed by atoms with Crippen molar-refractivity contribution in [3.8, 4) is 0 Å². The summed E-state index contributed by atoms with van der Waals surface area (Å²) in [6, 6.07) is 0. The Balaban J connectivity index is 2.21. The van der Waals surface area contributed by atoms with Crippen LogP contribution in [-0.4, -0.2) is 17.0 Å². The van der Waals surface area contributed by atoms with Crippen molar-refractivity contribution < 1.29 is 9.90 Å². The van der Waals surface area contributed by atoms with Crippen LogP contribution in [0.4, 0.5) is 0 Å². The highest BCUT2D eigenvalue weighted by molar-refractivity contribution is 5.83. The summed E-state index contributed by atoms with van der Waals surface area (Å²) in [5.74, 6) is 1.16. The third kappa shape index (κ3) is 4.65. The quantitative estimate of drug-likeness (QED) is 0.755. The molecule has 0 aromatic carbocycles. The molecule has 1 aliphatic carbocycles. The molecule has 0 aromatic rings.